The Morgan fingerprint density at radius 1 is 1.00 bits per heavy atom. The number of carbonyl (C=O) groups excluding carboxylic acids is 1. The third-order valence-corrected chi connectivity index (χ3v) is 10.7. The Morgan fingerprint density at radius 2 is 1.68 bits per heavy atom. The van der Waals surface area contributed by atoms with E-state index in [1.807, 2.05) is 36.9 Å². The summed E-state index contributed by atoms with van der Waals surface area (Å²) in [7, 11) is -4.10. The van der Waals surface area contributed by atoms with Crippen LogP contribution in [0.3, 0.4) is 0 Å². The molecule has 1 aliphatic carbocycles. The molecule has 1 amide bonds. The topological polar surface area (TPSA) is 114 Å². The summed E-state index contributed by atoms with van der Waals surface area (Å²) in [6, 6.07) is 13.8. The van der Waals surface area contributed by atoms with Crippen molar-refractivity contribution in [3.63, 3.8) is 0 Å². The van der Waals surface area contributed by atoms with Crippen molar-refractivity contribution in [2.45, 2.75) is 83.7 Å². The number of nitrogens with one attached hydrogen (secondary N) is 2. The Kier molecular flexibility index (Phi) is 7.94. The van der Waals surface area contributed by atoms with Crippen LogP contribution in [0.1, 0.15) is 74.4 Å². The minimum atomic E-state index is -4.10. The van der Waals surface area contributed by atoms with Gasteiger partial charge in [-0.05, 0) is 99.2 Å². The normalized spacial score (nSPS) is 21.7. The lowest BCUT2D eigenvalue weighted by molar-refractivity contribution is -0.0396. The van der Waals surface area contributed by atoms with Crippen LogP contribution >= 0.6 is 0 Å². The van der Waals surface area contributed by atoms with Crippen LogP contribution in [-0.2, 0) is 10.0 Å². The molecule has 9 nitrogen and oxygen atoms in total. The molecule has 1 saturated carbocycles. The number of amides is 1. The van der Waals surface area contributed by atoms with Crippen LogP contribution in [0.25, 0.3) is 11.3 Å². The standard InChI is InChI=1S/C34H43N5O4S/c1-22-8-6-9-23(2)30(22)28-17-29-37-32(36-28)38-44(41,42)27-11-7-10-24(16-27)31(40)39(26(21-43-29)18-33(3,4)5)25-19-34(20-25)12-14-35-15-13-34/h6-11,16-17,25-26,35H,12-15,18-21H2,1-5H3,(H,36,37,38)/t26-/m1/s1. The summed E-state index contributed by atoms with van der Waals surface area (Å²) in [5.41, 5.74) is 3.99. The van der Waals surface area contributed by atoms with Crippen molar-refractivity contribution in [2.75, 3.05) is 24.4 Å². The lowest BCUT2D eigenvalue weighted by Gasteiger charge is -2.55. The van der Waals surface area contributed by atoms with Crippen LogP contribution in [0.5, 0.6) is 5.88 Å². The molecule has 0 radical (unpaired) electrons. The van der Waals surface area contributed by atoms with Gasteiger partial charge in [0.05, 0.1) is 16.6 Å². The largest absolute Gasteiger partial charge is 0.475 e. The van der Waals surface area contributed by atoms with E-state index in [2.05, 4.69) is 40.8 Å². The molecular formula is C34H43N5O4S. The van der Waals surface area contributed by atoms with E-state index in [1.165, 1.54) is 12.1 Å². The lowest BCUT2D eigenvalue weighted by atomic mass is 9.60. The van der Waals surface area contributed by atoms with Gasteiger partial charge in [-0.1, -0.05) is 45.0 Å². The predicted molar refractivity (Wildman–Crippen MR) is 171 cm³/mol. The molecule has 2 aromatic carbocycles. The molecule has 3 aromatic rings. The van der Waals surface area contributed by atoms with Gasteiger partial charge in [-0.15, -0.1) is 0 Å². The van der Waals surface area contributed by atoms with Gasteiger partial charge in [-0.2, -0.15) is 4.98 Å². The van der Waals surface area contributed by atoms with Crippen molar-refractivity contribution in [2.24, 2.45) is 10.8 Å². The first-order chi connectivity index (χ1) is 20.8. The Hall–Kier alpha value is -3.50. The molecule has 10 heteroatoms. The quantitative estimate of drug-likeness (QED) is 0.386. The van der Waals surface area contributed by atoms with Crippen LogP contribution in [0.2, 0.25) is 0 Å². The predicted octanol–water partition coefficient (Wildman–Crippen LogP) is 5.73. The zero-order chi connectivity index (χ0) is 31.3. The molecule has 0 unspecified atom stereocenters. The fourth-order valence-corrected chi connectivity index (χ4v) is 8.26. The molecule has 1 aromatic heterocycles. The van der Waals surface area contributed by atoms with Crippen LogP contribution in [-0.4, -0.2) is 61.0 Å². The summed E-state index contributed by atoms with van der Waals surface area (Å²) >= 11 is 0. The molecule has 3 aliphatic rings. The summed E-state index contributed by atoms with van der Waals surface area (Å²) in [5.74, 6) is 0.0187. The second-order valence-electron chi connectivity index (χ2n) is 14.1. The maximum Gasteiger partial charge on any atom is 0.264 e. The van der Waals surface area contributed by atoms with Crippen LogP contribution in [0, 0.1) is 24.7 Å². The highest BCUT2D eigenvalue weighted by Gasteiger charge is 2.50. The van der Waals surface area contributed by atoms with E-state index in [-0.39, 0.29) is 52.2 Å². The Bertz CT molecular complexity index is 1650. The van der Waals surface area contributed by atoms with Crippen LogP contribution < -0.4 is 14.8 Å². The minimum Gasteiger partial charge on any atom is -0.475 e. The molecule has 6 rings (SSSR count). The number of anilines is 1. The number of aromatic nitrogens is 2. The zero-order valence-corrected chi connectivity index (χ0v) is 27.1. The van der Waals surface area contributed by atoms with Crippen molar-refractivity contribution in [3.8, 4) is 17.1 Å². The average molecular weight is 618 g/mol. The number of benzene rings is 2. The number of carbonyl (C=O) groups is 1. The van der Waals surface area contributed by atoms with Gasteiger partial charge < -0.3 is 15.0 Å². The first kappa shape index (κ1) is 30.5. The Balaban J connectivity index is 1.46. The average Bonchev–Trinajstić information content (AvgIpc) is 2.94. The first-order valence-electron chi connectivity index (χ1n) is 15.6. The van der Waals surface area contributed by atoms with Crippen LogP contribution in [0.4, 0.5) is 5.95 Å². The zero-order valence-electron chi connectivity index (χ0n) is 26.3. The second-order valence-corrected chi connectivity index (χ2v) is 15.8. The molecule has 2 N–H and O–H groups in total. The van der Waals surface area contributed by atoms with Gasteiger partial charge in [-0.25, -0.2) is 18.1 Å². The summed E-state index contributed by atoms with van der Waals surface area (Å²) in [5, 5.41) is 3.47. The number of fused-ring (bicyclic) bond motifs is 4. The SMILES string of the molecule is Cc1cccc(C)c1-c1cc2nc(n1)NS(=O)(=O)c1cccc(c1)C(=O)N(C1CC3(CCNCC3)C1)[C@H](CC(C)(C)C)CO2. The third kappa shape index (κ3) is 6.19. The summed E-state index contributed by atoms with van der Waals surface area (Å²) in [4.78, 5) is 25.6. The number of hydrogen-bond acceptors (Lipinski definition) is 7. The van der Waals surface area contributed by atoms with Crippen molar-refractivity contribution < 1.29 is 17.9 Å². The fraction of sp³-hybridized carbons (Fsp3) is 0.500. The van der Waals surface area contributed by atoms with Crippen molar-refractivity contribution in [1.82, 2.24) is 20.2 Å². The first-order valence-corrected chi connectivity index (χ1v) is 17.1. The summed E-state index contributed by atoms with van der Waals surface area (Å²) < 4.78 is 36.3. The fourth-order valence-electron chi connectivity index (χ4n) is 7.27. The maximum absolute atomic E-state index is 14.4. The molecule has 4 bridgehead atoms. The van der Waals surface area contributed by atoms with Gasteiger partial charge in [0, 0.05) is 23.2 Å². The number of rotatable bonds is 3. The number of piperidine rings is 1. The van der Waals surface area contributed by atoms with Crippen LogP contribution in [0.15, 0.2) is 53.4 Å². The van der Waals surface area contributed by atoms with Gasteiger partial charge in [0.15, 0.2) is 0 Å². The molecule has 1 spiro atoms. The highest BCUT2D eigenvalue weighted by molar-refractivity contribution is 7.92. The van der Waals surface area contributed by atoms with Crippen molar-refractivity contribution >= 4 is 21.9 Å². The van der Waals surface area contributed by atoms with E-state index in [4.69, 9.17) is 4.74 Å². The van der Waals surface area contributed by atoms with E-state index in [9.17, 15) is 13.2 Å². The van der Waals surface area contributed by atoms with Gasteiger partial charge in [0.2, 0.25) is 11.8 Å². The number of aryl methyl sites for hydroxylation is 2. The highest BCUT2D eigenvalue weighted by Crippen LogP contribution is 2.51. The third-order valence-electron chi connectivity index (χ3n) is 9.35. The summed E-state index contributed by atoms with van der Waals surface area (Å²) in [6.45, 7) is 12.7. The number of hydrogen-bond donors (Lipinski definition) is 2. The van der Waals surface area contributed by atoms with E-state index < -0.39 is 10.0 Å². The number of nitrogens with zero attached hydrogens (tertiary/aromatic N) is 3. The molecule has 44 heavy (non-hydrogen) atoms. The molecule has 2 aliphatic heterocycles. The number of sulfonamides is 1. The second kappa shape index (κ2) is 11.5. The Morgan fingerprint density at radius 3 is 2.36 bits per heavy atom. The molecule has 2 fully saturated rings. The Labute approximate surface area is 260 Å². The molecule has 234 valence electrons. The molecule has 1 atom stereocenters. The van der Waals surface area contributed by atoms with E-state index in [0.717, 1.165) is 55.5 Å². The number of ether oxygens (including phenoxy) is 1. The van der Waals surface area contributed by atoms with E-state index in [1.54, 1.807) is 18.2 Å². The van der Waals surface area contributed by atoms with Gasteiger partial charge >= 0.3 is 0 Å². The highest BCUT2D eigenvalue weighted by atomic mass is 32.2. The van der Waals surface area contributed by atoms with Gasteiger partial charge in [-0.3, -0.25) is 4.79 Å². The van der Waals surface area contributed by atoms with Gasteiger partial charge in [0.1, 0.15) is 6.61 Å². The lowest BCUT2D eigenvalue weighted by Crippen LogP contribution is -2.60. The van der Waals surface area contributed by atoms with Crippen molar-refractivity contribution in [1.29, 1.82) is 0 Å². The summed E-state index contributed by atoms with van der Waals surface area (Å²) in [6.07, 6.45) is 4.80. The monoisotopic (exact) mass is 617 g/mol. The van der Waals surface area contributed by atoms with E-state index >= 15 is 0 Å². The smallest absolute Gasteiger partial charge is 0.264 e. The molecular weight excluding hydrogens is 574 g/mol. The molecule has 3 heterocycles. The molecule has 1 saturated heterocycles. The maximum atomic E-state index is 14.4. The van der Waals surface area contributed by atoms with Gasteiger partial charge in [0.25, 0.3) is 15.9 Å². The minimum absolute atomic E-state index is 0.0121. The van der Waals surface area contributed by atoms with E-state index in [0.29, 0.717) is 17.7 Å². The van der Waals surface area contributed by atoms with Crippen molar-refractivity contribution in [3.05, 3.63) is 65.2 Å².